The average molecular weight is 263 g/mol. The molecule has 0 N–H and O–H groups in total. The summed E-state index contributed by atoms with van der Waals surface area (Å²) in [5.41, 5.74) is 1.00. The Hall–Kier alpha value is -2.37. The van der Waals surface area contributed by atoms with Crippen molar-refractivity contribution in [2.45, 2.75) is 6.92 Å². The number of carbonyl (C=O) groups excluding carboxylic acids is 3. The van der Waals surface area contributed by atoms with Gasteiger partial charge < -0.3 is 14.0 Å². The van der Waals surface area contributed by atoms with Gasteiger partial charge in [0.25, 0.3) is 0 Å². The minimum atomic E-state index is -0.589. The normalized spacial score (nSPS) is 14.0. The van der Waals surface area contributed by atoms with Crippen LogP contribution in [0.2, 0.25) is 0 Å². The molecule has 6 nitrogen and oxygen atoms in total. The third kappa shape index (κ3) is 1.68. The van der Waals surface area contributed by atoms with Gasteiger partial charge in [0.15, 0.2) is 5.76 Å². The van der Waals surface area contributed by atoms with Gasteiger partial charge in [-0.05, 0) is 12.5 Å². The zero-order valence-electron chi connectivity index (χ0n) is 11.1. The predicted octanol–water partition coefficient (Wildman–Crippen LogP) is 1.03. The Bertz CT molecular complexity index is 636. The summed E-state index contributed by atoms with van der Waals surface area (Å²) in [4.78, 5) is 35.9. The molecule has 1 aliphatic rings. The van der Waals surface area contributed by atoms with Crippen LogP contribution >= 0.6 is 0 Å². The highest BCUT2D eigenvalue weighted by Gasteiger charge is 2.35. The second-order valence-corrected chi connectivity index (χ2v) is 4.15. The molecule has 1 aromatic rings. The number of ketones is 2. The summed E-state index contributed by atoms with van der Waals surface area (Å²) in [6, 6.07) is 0. The number of nitrogens with zero attached hydrogens (tertiary/aromatic N) is 1. The number of esters is 1. The lowest BCUT2D eigenvalue weighted by Gasteiger charge is -2.12. The topological polar surface area (TPSA) is 74.6 Å². The van der Waals surface area contributed by atoms with Crippen LogP contribution in [-0.2, 0) is 16.5 Å². The summed E-state index contributed by atoms with van der Waals surface area (Å²) in [5.74, 6) is -1.39. The van der Waals surface area contributed by atoms with Crippen molar-refractivity contribution >= 4 is 17.5 Å². The maximum atomic E-state index is 12.2. The third-order valence-electron chi connectivity index (χ3n) is 3.18. The first kappa shape index (κ1) is 13.1. The molecule has 0 amide bonds. The van der Waals surface area contributed by atoms with Crippen LogP contribution in [0.5, 0.6) is 0 Å². The lowest BCUT2D eigenvalue weighted by Crippen LogP contribution is -2.19. The Morgan fingerprint density at radius 1 is 1.26 bits per heavy atom. The molecule has 0 saturated carbocycles. The molecule has 0 unspecified atom stereocenters. The molecule has 1 heterocycles. The van der Waals surface area contributed by atoms with Gasteiger partial charge in [0, 0.05) is 13.1 Å². The molecule has 19 heavy (non-hydrogen) atoms. The van der Waals surface area contributed by atoms with E-state index in [2.05, 4.69) is 4.74 Å². The molecule has 0 aliphatic heterocycles. The fourth-order valence-electron chi connectivity index (χ4n) is 2.31. The minimum Gasteiger partial charge on any atom is -0.492 e. The van der Waals surface area contributed by atoms with E-state index in [1.165, 1.54) is 18.8 Å². The molecule has 0 bridgehead atoms. The maximum absolute atomic E-state index is 12.2. The Labute approximate surface area is 109 Å². The summed E-state index contributed by atoms with van der Waals surface area (Å²) in [7, 11) is 4.12. The van der Waals surface area contributed by atoms with Gasteiger partial charge in [-0.2, -0.15) is 0 Å². The van der Waals surface area contributed by atoms with Crippen molar-refractivity contribution in [1.29, 1.82) is 0 Å². The molecule has 100 valence electrons. The third-order valence-corrected chi connectivity index (χ3v) is 3.18. The van der Waals surface area contributed by atoms with Crippen LogP contribution in [0.25, 0.3) is 0 Å². The monoisotopic (exact) mass is 263 g/mol. The summed E-state index contributed by atoms with van der Waals surface area (Å²) in [6.07, 6.45) is 1.13. The van der Waals surface area contributed by atoms with Gasteiger partial charge in [-0.3, -0.25) is 9.59 Å². The zero-order valence-corrected chi connectivity index (χ0v) is 11.1. The summed E-state index contributed by atoms with van der Waals surface area (Å²) >= 11 is 0. The standard InChI is InChI=1S/C13H13NO5/c1-6-9-11(14(2)10(6)13(17)19-4)7(15)5-8(18-3)12(9)16/h5H,1-4H3. The van der Waals surface area contributed by atoms with Crippen molar-refractivity contribution in [3.8, 4) is 0 Å². The SMILES string of the molecule is COC(=O)c1c(C)c2c(n1C)C(=O)C=C(OC)C2=O. The summed E-state index contributed by atoms with van der Waals surface area (Å²) < 4.78 is 10.9. The molecule has 0 aromatic carbocycles. The number of methoxy groups -OCH3 is 2. The van der Waals surface area contributed by atoms with E-state index in [1.807, 2.05) is 0 Å². The van der Waals surface area contributed by atoms with Crippen LogP contribution in [0.15, 0.2) is 11.8 Å². The molecule has 0 radical (unpaired) electrons. The van der Waals surface area contributed by atoms with Crippen molar-refractivity contribution in [3.05, 3.63) is 34.3 Å². The first-order valence-corrected chi connectivity index (χ1v) is 5.56. The molecule has 0 fully saturated rings. The highest BCUT2D eigenvalue weighted by atomic mass is 16.5. The van der Waals surface area contributed by atoms with Crippen LogP contribution in [-0.4, -0.2) is 36.3 Å². The molecular formula is C13H13NO5. The van der Waals surface area contributed by atoms with Crippen molar-refractivity contribution < 1.29 is 23.9 Å². The van der Waals surface area contributed by atoms with Gasteiger partial charge in [0.1, 0.15) is 11.4 Å². The van der Waals surface area contributed by atoms with E-state index in [1.54, 1.807) is 14.0 Å². The van der Waals surface area contributed by atoms with E-state index in [0.29, 0.717) is 5.56 Å². The Morgan fingerprint density at radius 2 is 1.89 bits per heavy atom. The fraction of sp³-hybridized carbons (Fsp3) is 0.308. The van der Waals surface area contributed by atoms with Gasteiger partial charge in [-0.1, -0.05) is 0 Å². The lowest BCUT2D eigenvalue weighted by molar-refractivity contribution is 0.0589. The fourth-order valence-corrected chi connectivity index (χ4v) is 2.31. The number of allylic oxidation sites excluding steroid dienone is 2. The van der Waals surface area contributed by atoms with Crippen LogP contribution in [0.1, 0.15) is 36.9 Å². The molecular weight excluding hydrogens is 250 g/mol. The second kappa shape index (κ2) is 4.38. The first-order valence-electron chi connectivity index (χ1n) is 5.56. The molecule has 0 spiro atoms. The van der Waals surface area contributed by atoms with E-state index in [4.69, 9.17) is 4.74 Å². The molecule has 0 saturated heterocycles. The minimum absolute atomic E-state index is 0.0254. The number of ether oxygens (including phenoxy) is 2. The van der Waals surface area contributed by atoms with Crippen LogP contribution < -0.4 is 0 Å². The van der Waals surface area contributed by atoms with Crippen molar-refractivity contribution in [2.75, 3.05) is 14.2 Å². The highest BCUT2D eigenvalue weighted by molar-refractivity contribution is 6.24. The van der Waals surface area contributed by atoms with E-state index in [-0.39, 0.29) is 28.5 Å². The van der Waals surface area contributed by atoms with E-state index >= 15 is 0 Å². The summed E-state index contributed by atoms with van der Waals surface area (Å²) in [6.45, 7) is 1.61. The largest absolute Gasteiger partial charge is 0.492 e. The van der Waals surface area contributed by atoms with Gasteiger partial charge >= 0.3 is 5.97 Å². The highest BCUT2D eigenvalue weighted by Crippen LogP contribution is 2.29. The number of carbonyl (C=O) groups is 3. The smallest absolute Gasteiger partial charge is 0.354 e. The number of hydrogen-bond acceptors (Lipinski definition) is 5. The molecule has 2 rings (SSSR count). The van der Waals surface area contributed by atoms with Gasteiger partial charge in [-0.15, -0.1) is 0 Å². The molecule has 0 atom stereocenters. The number of rotatable bonds is 2. The van der Waals surface area contributed by atoms with Crippen LogP contribution in [0.3, 0.4) is 0 Å². The number of hydrogen-bond donors (Lipinski definition) is 0. The summed E-state index contributed by atoms with van der Waals surface area (Å²) in [5, 5.41) is 0. The Kier molecular flexibility index (Phi) is 3.01. The van der Waals surface area contributed by atoms with Crippen molar-refractivity contribution in [1.82, 2.24) is 4.57 Å². The second-order valence-electron chi connectivity index (χ2n) is 4.15. The van der Waals surface area contributed by atoms with Crippen LogP contribution in [0.4, 0.5) is 0 Å². The average Bonchev–Trinajstić information content (AvgIpc) is 2.65. The lowest BCUT2D eigenvalue weighted by atomic mass is 9.97. The van der Waals surface area contributed by atoms with E-state index in [0.717, 1.165) is 6.08 Å². The molecule has 1 aliphatic carbocycles. The van der Waals surface area contributed by atoms with Gasteiger partial charge in [0.2, 0.25) is 11.6 Å². The number of Topliss-reactive ketones (excluding diaryl/α,β-unsaturated/α-hetero) is 1. The molecule has 6 heteroatoms. The zero-order chi connectivity index (χ0) is 14.3. The number of fused-ring (bicyclic) bond motifs is 1. The predicted molar refractivity (Wildman–Crippen MR) is 65.2 cm³/mol. The Morgan fingerprint density at radius 3 is 2.42 bits per heavy atom. The van der Waals surface area contributed by atoms with Crippen molar-refractivity contribution in [3.63, 3.8) is 0 Å². The molecule has 1 aromatic heterocycles. The Balaban J connectivity index is 2.74. The van der Waals surface area contributed by atoms with Gasteiger partial charge in [-0.25, -0.2) is 4.79 Å². The number of aromatic nitrogens is 1. The van der Waals surface area contributed by atoms with Gasteiger partial charge in [0.05, 0.1) is 19.8 Å². The van der Waals surface area contributed by atoms with E-state index in [9.17, 15) is 14.4 Å². The van der Waals surface area contributed by atoms with E-state index < -0.39 is 11.8 Å². The van der Waals surface area contributed by atoms with Crippen molar-refractivity contribution in [2.24, 2.45) is 7.05 Å². The quantitative estimate of drug-likeness (QED) is 0.745. The maximum Gasteiger partial charge on any atom is 0.354 e. The first-order chi connectivity index (χ1) is 8.93. The van der Waals surface area contributed by atoms with Crippen LogP contribution in [0, 0.1) is 6.92 Å².